The Morgan fingerprint density at radius 1 is 1.21 bits per heavy atom. The minimum absolute atomic E-state index is 0.643. The van der Waals surface area contributed by atoms with Crippen molar-refractivity contribution in [2.24, 2.45) is 5.73 Å². The molecule has 0 unspecified atom stereocenters. The van der Waals surface area contributed by atoms with Crippen LogP contribution in [0.25, 0.3) is 0 Å². The highest BCUT2D eigenvalue weighted by molar-refractivity contribution is 6.30. The Morgan fingerprint density at radius 2 is 2.11 bits per heavy atom. The highest BCUT2D eigenvalue weighted by atomic mass is 35.5. The van der Waals surface area contributed by atoms with Gasteiger partial charge in [0, 0.05) is 31.7 Å². The van der Waals surface area contributed by atoms with Crippen LogP contribution in [0.2, 0.25) is 5.02 Å². The van der Waals surface area contributed by atoms with Crippen LogP contribution in [0, 0.1) is 0 Å². The van der Waals surface area contributed by atoms with Crippen LogP contribution in [0.3, 0.4) is 0 Å². The van der Waals surface area contributed by atoms with Crippen molar-refractivity contribution in [1.29, 1.82) is 0 Å². The van der Waals surface area contributed by atoms with Crippen LogP contribution < -0.4 is 10.6 Å². The van der Waals surface area contributed by atoms with E-state index in [9.17, 15) is 0 Å². The van der Waals surface area contributed by atoms with Crippen molar-refractivity contribution in [1.82, 2.24) is 9.97 Å². The number of nitrogens with zero attached hydrogens (tertiary/aromatic N) is 3. The van der Waals surface area contributed by atoms with Crippen LogP contribution in [0.5, 0.6) is 0 Å². The van der Waals surface area contributed by atoms with Crippen LogP contribution in [0.1, 0.15) is 12.0 Å². The van der Waals surface area contributed by atoms with E-state index in [1.807, 2.05) is 24.4 Å². The van der Waals surface area contributed by atoms with E-state index in [1.54, 1.807) is 12.4 Å². The predicted molar refractivity (Wildman–Crippen MR) is 78.2 cm³/mol. The summed E-state index contributed by atoms with van der Waals surface area (Å²) in [5.74, 6) is 0.904. The Kier molecular flexibility index (Phi) is 5.12. The molecule has 2 heterocycles. The number of rotatable bonds is 6. The second-order valence-corrected chi connectivity index (χ2v) is 4.70. The maximum Gasteiger partial charge on any atom is 0.128 e. The highest BCUT2D eigenvalue weighted by Gasteiger charge is 2.08. The van der Waals surface area contributed by atoms with E-state index < -0.39 is 0 Å². The minimum atomic E-state index is 0.643. The van der Waals surface area contributed by atoms with Crippen molar-refractivity contribution >= 4 is 17.4 Å². The first-order valence-electron chi connectivity index (χ1n) is 6.25. The molecule has 0 atom stereocenters. The van der Waals surface area contributed by atoms with Gasteiger partial charge in [0.1, 0.15) is 5.82 Å². The van der Waals surface area contributed by atoms with Gasteiger partial charge in [-0.15, -0.1) is 0 Å². The van der Waals surface area contributed by atoms with Gasteiger partial charge in [-0.1, -0.05) is 17.7 Å². The molecule has 5 heteroatoms. The van der Waals surface area contributed by atoms with Crippen LogP contribution in [0.4, 0.5) is 5.82 Å². The fraction of sp³-hybridized carbons (Fsp3) is 0.286. The van der Waals surface area contributed by atoms with Crippen molar-refractivity contribution in [2.75, 3.05) is 18.0 Å². The number of nitrogens with two attached hydrogens (primary N) is 1. The SMILES string of the molecule is NCCCN(Cc1cccnc1)c1ccc(Cl)cn1. The Morgan fingerprint density at radius 3 is 2.74 bits per heavy atom. The maximum absolute atomic E-state index is 5.87. The lowest BCUT2D eigenvalue weighted by Crippen LogP contribution is -2.26. The van der Waals surface area contributed by atoms with Gasteiger partial charge in [0.25, 0.3) is 0 Å². The molecular formula is C14H17ClN4. The summed E-state index contributed by atoms with van der Waals surface area (Å²) >= 11 is 5.87. The molecule has 2 N–H and O–H groups in total. The van der Waals surface area contributed by atoms with Crippen molar-refractivity contribution in [3.05, 3.63) is 53.4 Å². The average molecular weight is 277 g/mol. The van der Waals surface area contributed by atoms with Gasteiger partial charge in [-0.3, -0.25) is 4.98 Å². The van der Waals surface area contributed by atoms with Crippen LogP contribution in [0.15, 0.2) is 42.9 Å². The van der Waals surface area contributed by atoms with E-state index in [0.717, 1.165) is 30.9 Å². The second kappa shape index (κ2) is 7.07. The molecule has 0 amide bonds. The molecule has 0 saturated carbocycles. The maximum atomic E-state index is 5.87. The number of anilines is 1. The third-order valence-electron chi connectivity index (χ3n) is 2.76. The van der Waals surface area contributed by atoms with Gasteiger partial charge >= 0.3 is 0 Å². The molecule has 0 aromatic carbocycles. The van der Waals surface area contributed by atoms with E-state index in [0.29, 0.717) is 11.6 Å². The van der Waals surface area contributed by atoms with Crippen molar-refractivity contribution < 1.29 is 0 Å². The summed E-state index contributed by atoms with van der Waals surface area (Å²) in [4.78, 5) is 10.7. The quantitative estimate of drug-likeness (QED) is 0.881. The molecule has 0 saturated heterocycles. The van der Waals surface area contributed by atoms with Gasteiger partial charge in [-0.25, -0.2) is 4.98 Å². The van der Waals surface area contributed by atoms with Crippen LogP contribution >= 0.6 is 11.6 Å². The third-order valence-corrected chi connectivity index (χ3v) is 2.99. The zero-order chi connectivity index (χ0) is 13.5. The Balaban J connectivity index is 2.13. The first-order chi connectivity index (χ1) is 9.29. The number of hydrogen-bond acceptors (Lipinski definition) is 4. The number of halogens is 1. The molecule has 0 bridgehead atoms. The molecule has 0 aliphatic rings. The molecule has 2 aromatic heterocycles. The molecule has 0 radical (unpaired) electrons. The third kappa shape index (κ3) is 4.19. The Hall–Kier alpha value is -1.65. The lowest BCUT2D eigenvalue weighted by molar-refractivity contribution is 0.725. The average Bonchev–Trinajstić information content (AvgIpc) is 2.45. The van der Waals surface area contributed by atoms with Gasteiger partial charge in [0.05, 0.1) is 5.02 Å². The molecule has 2 aromatic rings. The number of aromatic nitrogens is 2. The van der Waals surface area contributed by atoms with Gasteiger partial charge < -0.3 is 10.6 Å². The lowest BCUT2D eigenvalue weighted by Gasteiger charge is -2.23. The van der Waals surface area contributed by atoms with E-state index in [-0.39, 0.29) is 0 Å². The summed E-state index contributed by atoms with van der Waals surface area (Å²) < 4.78 is 0. The fourth-order valence-corrected chi connectivity index (χ4v) is 1.94. The van der Waals surface area contributed by atoms with Crippen molar-refractivity contribution in [3.63, 3.8) is 0 Å². The summed E-state index contributed by atoms with van der Waals surface area (Å²) in [5.41, 5.74) is 6.74. The van der Waals surface area contributed by atoms with Crippen molar-refractivity contribution in [2.45, 2.75) is 13.0 Å². The van der Waals surface area contributed by atoms with Crippen molar-refractivity contribution in [3.8, 4) is 0 Å². The largest absolute Gasteiger partial charge is 0.352 e. The zero-order valence-corrected chi connectivity index (χ0v) is 11.4. The van der Waals surface area contributed by atoms with E-state index in [1.165, 1.54) is 0 Å². The standard InChI is InChI=1S/C14H17ClN4/c15-13-4-5-14(18-10-13)19(8-2-6-16)11-12-3-1-7-17-9-12/h1,3-5,7,9-10H,2,6,8,11,16H2. The van der Waals surface area contributed by atoms with E-state index >= 15 is 0 Å². The summed E-state index contributed by atoms with van der Waals surface area (Å²) in [6, 6.07) is 7.77. The van der Waals surface area contributed by atoms with Gasteiger partial charge in [-0.05, 0) is 36.7 Å². The minimum Gasteiger partial charge on any atom is -0.352 e. The van der Waals surface area contributed by atoms with Gasteiger partial charge in [0.15, 0.2) is 0 Å². The molecule has 100 valence electrons. The summed E-state index contributed by atoms with van der Waals surface area (Å²) in [6.45, 7) is 2.29. The Bertz CT molecular complexity index is 487. The van der Waals surface area contributed by atoms with Gasteiger partial charge in [0.2, 0.25) is 0 Å². The fourth-order valence-electron chi connectivity index (χ4n) is 1.82. The molecule has 0 aliphatic carbocycles. The van der Waals surface area contributed by atoms with Crippen LogP contribution in [-0.2, 0) is 6.54 Å². The predicted octanol–water partition coefficient (Wildman–Crippen LogP) is 2.49. The van der Waals surface area contributed by atoms with E-state index in [4.69, 9.17) is 17.3 Å². The first-order valence-corrected chi connectivity index (χ1v) is 6.63. The molecule has 2 rings (SSSR count). The van der Waals surface area contributed by atoms with Crippen LogP contribution in [-0.4, -0.2) is 23.1 Å². The topological polar surface area (TPSA) is 55.0 Å². The smallest absolute Gasteiger partial charge is 0.128 e. The first kappa shape index (κ1) is 13.8. The zero-order valence-electron chi connectivity index (χ0n) is 10.7. The summed E-state index contributed by atoms with van der Waals surface area (Å²) in [6.07, 6.45) is 6.22. The highest BCUT2D eigenvalue weighted by Crippen LogP contribution is 2.17. The summed E-state index contributed by atoms with van der Waals surface area (Å²) in [7, 11) is 0. The second-order valence-electron chi connectivity index (χ2n) is 4.26. The normalized spacial score (nSPS) is 10.4. The molecule has 0 spiro atoms. The molecule has 19 heavy (non-hydrogen) atoms. The van der Waals surface area contributed by atoms with Gasteiger partial charge in [-0.2, -0.15) is 0 Å². The molecule has 0 aliphatic heterocycles. The number of pyridine rings is 2. The molecule has 0 fully saturated rings. The van der Waals surface area contributed by atoms with E-state index in [2.05, 4.69) is 20.9 Å². The molecule has 4 nitrogen and oxygen atoms in total. The molecular weight excluding hydrogens is 260 g/mol. The Labute approximate surface area is 118 Å². The summed E-state index contributed by atoms with van der Waals surface area (Å²) in [5, 5.41) is 0.643. The number of hydrogen-bond donors (Lipinski definition) is 1. The lowest BCUT2D eigenvalue weighted by atomic mass is 10.2. The monoisotopic (exact) mass is 276 g/mol.